The van der Waals surface area contributed by atoms with E-state index < -0.39 is 0 Å². The number of hydrogen-bond donors (Lipinski definition) is 1. The van der Waals surface area contributed by atoms with Crippen molar-refractivity contribution in [2.24, 2.45) is 0 Å². The van der Waals surface area contributed by atoms with Crippen molar-refractivity contribution < 1.29 is 9.32 Å². The van der Waals surface area contributed by atoms with Crippen molar-refractivity contribution in [2.45, 2.75) is 6.54 Å². The monoisotopic (exact) mass is 360 g/mol. The van der Waals surface area contributed by atoms with Crippen LogP contribution in [0.5, 0.6) is 0 Å². The molecule has 0 aliphatic carbocycles. The normalized spacial score (nSPS) is 10.6. The number of amides is 1. The standard InChI is InChI=1S/C15H13BrN4O2/c16-12-9-18-20(10-12)7-6-17-15(21)13-8-14(22-19-13)11-4-2-1-3-5-11/h1-5,8-10H,6-7H2,(H,17,21). The van der Waals surface area contributed by atoms with Crippen LogP contribution in [0.25, 0.3) is 11.3 Å². The van der Waals surface area contributed by atoms with Gasteiger partial charge in [0, 0.05) is 24.4 Å². The third kappa shape index (κ3) is 3.43. The van der Waals surface area contributed by atoms with Gasteiger partial charge in [-0.05, 0) is 15.9 Å². The van der Waals surface area contributed by atoms with E-state index in [0.717, 1.165) is 10.0 Å². The summed E-state index contributed by atoms with van der Waals surface area (Å²) in [6.07, 6.45) is 3.54. The lowest BCUT2D eigenvalue weighted by atomic mass is 10.1. The van der Waals surface area contributed by atoms with Crippen LogP contribution in [0.15, 0.2) is 57.8 Å². The van der Waals surface area contributed by atoms with Crippen LogP contribution in [-0.2, 0) is 6.54 Å². The number of aromatic nitrogens is 3. The van der Waals surface area contributed by atoms with Crippen LogP contribution in [0, 0.1) is 0 Å². The molecule has 0 unspecified atom stereocenters. The zero-order valence-corrected chi connectivity index (χ0v) is 13.2. The van der Waals surface area contributed by atoms with Gasteiger partial charge in [0.1, 0.15) is 0 Å². The second kappa shape index (κ2) is 6.57. The van der Waals surface area contributed by atoms with Crippen LogP contribution in [0.4, 0.5) is 0 Å². The number of nitrogens with one attached hydrogen (secondary N) is 1. The number of nitrogens with zero attached hydrogens (tertiary/aromatic N) is 3. The minimum absolute atomic E-state index is 0.264. The van der Waals surface area contributed by atoms with Crippen molar-refractivity contribution in [3.8, 4) is 11.3 Å². The lowest BCUT2D eigenvalue weighted by Gasteiger charge is -2.02. The molecule has 0 aliphatic heterocycles. The molecule has 7 heteroatoms. The molecule has 0 atom stereocenters. The highest BCUT2D eigenvalue weighted by atomic mass is 79.9. The first-order valence-corrected chi connectivity index (χ1v) is 7.50. The van der Waals surface area contributed by atoms with Crippen LogP contribution in [0.1, 0.15) is 10.5 Å². The van der Waals surface area contributed by atoms with Crippen LogP contribution in [-0.4, -0.2) is 27.4 Å². The average molecular weight is 361 g/mol. The Hall–Kier alpha value is -2.41. The molecule has 0 saturated carbocycles. The molecule has 112 valence electrons. The summed E-state index contributed by atoms with van der Waals surface area (Å²) in [5.41, 5.74) is 1.15. The van der Waals surface area contributed by atoms with Crippen molar-refractivity contribution in [3.05, 3.63) is 59.0 Å². The molecule has 1 aromatic carbocycles. The van der Waals surface area contributed by atoms with Crippen molar-refractivity contribution in [1.82, 2.24) is 20.3 Å². The molecule has 2 heterocycles. The van der Waals surface area contributed by atoms with Gasteiger partial charge in [-0.2, -0.15) is 5.10 Å². The van der Waals surface area contributed by atoms with E-state index in [2.05, 4.69) is 31.5 Å². The summed E-state index contributed by atoms with van der Waals surface area (Å²) < 4.78 is 7.85. The van der Waals surface area contributed by atoms with Crippen molar-refractivity contribution >= 4 is 21.8 Å². The minimum atomic E-state index is -0.267. The van der Waals surface area contributed by atoms with Crippen LogP contribution >= 0.6 is 15.9 Å². The van der Waals surface area contributed by atoms with E-state index in [1.165, 1.54) is 0 Å². The van der Waals surface area contributed by atoms with Gasteiger partial charge in [-0.1, -0.05) is 35.5 Å². The van der Waals surface area contributed by atoms with Gasteiger partial charge < -0.3 is 9.84 Å². The Morgan fingerprint density at radius 1 is 1.32 bits per heavy atom. The van der Waals surface area contributed by atoms with Gasteiger partial charge in [0.2, 0.25) is 0 Å². The van der Waals surface area contributed by atoms with Gasteiger partial charge in [0.15, 0.2) is 11.5 Å². The van der Waals surface area contributed by atoms with Gasteiger partial charge in [-0.3, -0.25) is 9.48 Å². The molecule has 1 amide bonds. The lowest BCUT2D eigenvalue weighted by molar-refractivity contribution is 0.0943. The first kappa shape index (κ1) is 14.5. The van der Waals surface area contributed by atoms with E-state index in [1.807, 2.05) is 36.5 Å². The smallest absolute Gasteiger partial charge is 0.273 e. The maximum atomic E-state index is 12.0. The van der Waals surface area contributed by atoms with Gasteiger partial charge in [-0.25, -0.2) is 0 Å². The van der Waals surface area contributed by atoms with E-state index in [9.17, 15) is 4.79 Å². The van der Waals surface area contributed by atoms with Gasteiger partial charge >= 0.3 is 0 Å². The van der Waals surface area contributed by atoms with E-state index in [1.54, 1.807) is 16.9 Å². The lowest BCUT2D eigenvalue weighted by Crippen LogP contribution is -2.27. The maximum absolute atomic E-state index is 12.0. The van der Waals surface area contributed by atoms with E-state index in [-0.39, 0.29) is 11.6 Å². The predicted octanol–water partition coefficient (Wildman–Crippen LogP) is 2.73. The summed E-state index contributed by atoms with van der Waals surface area (Å²) in [5.74, 6) is 0.305. The Balaban J connectivity index is 1.58. The van der Waals surface area contributed by atoms with Crippen LogP contribution in [0.2, 0.25) is 0 Å². The van der Waals surface area contributed by atoms with Crippen LogP contribution in [0.3, 0.4) is 0 Å². The highest BCUT2D eigenvalue weighted by molar-refractivity contribution is 9.10. The fourth-order valence-electron chi connectivity index (χ4n) is 1.96. The number of rotatable bonds is 5. The molecule has 2 aromatic heterocycles. The SMILES string of the molecule is O=C(NCCn1cc(Br)cn1)c1cc(-c2ccccc2)on1. The zero-order chi connectivity index (χ0) is 15.4. The number of hydrogen-bond acceptors (Lipinski definition) is 4. The first-order chi connectivity index (χ1) is 10.7. The highest BCUT2D eigenvalue weighted by Crippen LogP contribution is 2.19. The van der Waals surface area contributed by atoms with E-state index >= 15 is 0 Å². The topological polar surface area (TPSA) is 73.0 Å². The molecule has 3 rings (SSSR count). The molecular formula is C15H13BrN4O2. The van der Waals surface area contributed by atoms with E-state index in [4.69, 9.17) is 4.52 Å². The Morgan fingerprint density at radius 3 is 2.86 bits per heavy atom. The molecule has 1 N–H and O–H groups in total. The van der Waals surface area contributed by atoms with Crippen LogP contribution < -0.4 is 5.32 Å². The predicted molar refractivity (Wildman–Crippen MR) is 84.2 cm³/mol. The van der Waals surface area contributed by atoms with Crippen molar-refractivity contribution in [2.75, 3.05) is 6.54 Å². The minimum Gasteiger partial charge on any atom is -0.355 e. The fraction of sp³-hybridized carbons (Fsp3) is 0.133. The summed E-state index contributed by atoms with van der Waals surface area (Å²) >= 11 is 3.32. The molecule has 0 bridgehead atoms. The molecule has 0 radical (unpaired) electrons. The van der Waals surface area contributed by atoms with Gasteiger partial charge in [-0.15, -0.1) is 0 Å². The summed E-state index contributed by atoms with van der Waals surface area (Å²) in [5, 5.41) is 10.7. The molecule has 3 aromatic rings. The Labute approximate surface area is 135 Å². The molecule has 0 aliphatic rings. The molecule has 22 heavy (non-hydrogen) atoms. The maximum Gasteiger partial charge on any atom is 0.273 e. The highest BCUT2D eigenvalue weighted by Gasteiger charge is 2.13. The molecule has 0 fully saturated rings. The molecular weight excluding hydrogens is 348 g/mol. The third-order valence-electron chi connectivity index (χ3n) is 3.03. The van der Waals surface area contributed by atoms with Crippen molar-refractivity contribution in [1.29, 1.82) is 0 Å². The number of halogens is 1. The summed E-state index contributed by atoms with van der Waals surface area (Å²) in [4.78, 5) is 12.0. The Bertz CT molecular complexity index is 767. The fourth-order valence-corrected chi connectivity index (χ4v) is 2.28. The average Bonchev–Trinajstić information content (AvgIpc) is 3.17. The Kier molecular flexibility index (Phi) is 4.34. The summed E-state index contributed by atoms with van der Waals surface area (Å²) in [7, 11) is 0. The second-order valence-corrected chi connectivity index (χ2v) is 5.54. The van der Waals surface area contributed by atoms with Gasteiger partial charge in [0.25, 0.3) is 5.91 Å². The summed E-state index contributed by atoms with van der Waals surface area (Å²) in [6.45, 7) is 1.04. The first-order valence-electron chi connectivity index (χ1n) is 6.70. The second-order valence-electron chi connectivity index (χ2n) is 4.62. The largest absolute Gasteiger partial charge is 0.355 e. The molecule has 6 nitrogen and oxygen atoms in total. The third-order valence-corrected chi connectivity index (χ3v) is 3.44. The van der Waals surface area contributed by atoms with E-state index in [0.29, 0.717) is 18.8 Å². The van der Waals surface area contributed by atoms with Gasteiger partial charge in [0.05, 0.1) is 17.2 Å². The quantitative estimate of drug-likeness (QED) is 0.759. The summed E-state index contributed by atoms with van der Waals surface area (Å²) in [6, 6.07) is 11.2. The van der Waals surface area contributed by atoms with Crippen molar-refractivity contribution in [3.63, 3.8) is 0 Å². The number of benzene rings is 1. The zero-order valence-electron chi connectivity index (χ0n) is 11.6. The number of carbonyl (C=O) groups is 1. The molecule has 0 saturated heterocycles. The number of carbonyl (C=O) groups excluding carboxylic acids is 1. The Morgan fingerprint density at radius 2 is 2.14 bits per heavy atom. The molecule has 0 spiro atoms.